The normalized spacial score (nSPS) is 13.9. The minimum absolute atomic E-state index is 0.112. The highest BCUT2D eigenvalue weighted by Crippen LogP contribution is 2.32. The van der Waals surface area contributed by atoms with Crippen LogP contribution in [-0.4, -0.2) is 30.6 Å². The topological polar surface area (TPSA) is 38.8 Å². The van der Waals surface area contributed by atoms with Gasteiger partial charge in [-0.05, 0) is 42.7 Å². The second-order valence-electron chi connectivity index (χ2n) is 6.39. The number of hydrogen-bond donors (Lipinski definition) is 0. The van der Waals surface area contributed by atoms with Gasteiger partial charge in [0, 0.05) is 12.6 Å². The first kappa shape index (κ1) is 19.1. The van der Waals surface area contributed by atoms with Gasteiger partial charge in [0.15, 0.2) is 18.1 Å². The smallest absolute Gasteiger partial charge is 0.416 e. The Morgan fingerprint density at radius 3 is 2.26 bits per heavy atom. The van der Waals surface area contributed by atoms with Gasteiger partial charge in [0.1, 0.15) is 0 Å². The van der Waals surface area contributed by atoms with E-state index in [9.17, 15) is 18.0 Å². The summed E-state index contributed by atoms with van der Waals surface area (Å²) < 4.78 is 48.8. The molecule has 27 heavy (non-hydrogen) atoms. The van der Waals surface area contributed by atoms with Gasteiger partial charge < -0.3 is 14.4 Å². The zero-order chi connectivity index (χ0) is 19.4. The van der Waals surface area contributed by atoms with Crippen molar-refractivity contribution in [3.05, 3.63) is 59.7 Å². The molecule has 7 heteroatoms. The molecular weight excluding hydrogens is 359 g/mol. The molecule has 0 radical (unpaired) electrons. The molecule has 0 aliphatic heterocycles. The summed E-state index contributed by atoms with van der Waals surface area (Å²) in [5.41, 5.74) is -0.0457. The molecule has 2 aromatic carbocycles. The van der Waals surface area contributed by atoms with Crippen LogP contribution in [0.3, 0.4) is 0 Å². The highest BCUT2D eigenvalue weighted by molar-refractivity contribution is 5.78. The van der Waals surface area contributed by atoms with E-state index in [2.05, 4.69) is 0 Å². The first-order valence-electron chi connectivity index (χ1n) is 8.60. The lowest BCUT2D eigenvalue weighted by molar-refractivity contribution is -0.138. The average Bonchev–Trinajstić information content (AvgIpc) is 3.49. The van der Waals surface area contributed by atoms with Crippen LogP contribution in [0.2, 0.25) is 0 Å². The van der Waals surface area contributed by atoms with Crippen LogP contribution < -0.4 is 9.47 Å². The highest BCUT2D eigenvalue weighted by atomic mass is 19.4. The first-order valence-corrected chi connectivity index (χ1v) is 8.60. The van der Waals surface area contributed by atoms with Gasteiger partial charge in [-0.3, -0.25) is 4.79 Å². The van der Waals surface area contributed by atoms with Crippen molar-refractivity contribution in [3.8, 4) is 11.5 Å². The Kier molecular flexibility index (Phi) is 5.58. The van der Waals surface area contributed by atoms with Crippen molar-refractivity contribution in [2.24, 2.45) is 0 Å². The Hall–Kier alpha value is -2.70. The number of ether oxygens (including phenoxy) is 2. The molecule has 0 heterocycles. The monoisotopic (exact) mass is 379 g/mol. The summed E-state index contributed by atoms with van der Waals surface area (Å²) in [5.74, 6) is 0.799. The van der Waals surface area contributed by atoms with Gasteiger partial charge in [-0.2, -0.15) is 13.2 Å². The zero-order valence-electron chi connectivity index (χ0n) is 14.8. The van der Waals surface area contributed by atoms with E-state index in [0.717, 1.165) is 25.0 Å². The van der Waals surface area contributed by atoms with E-state index in [1.807, 2.05) is 0 Å². The van der Waals surface area contributed by atoms with Gasteiger partial charge in [0.2, 0.25) is 0 Å². The summed E-state index contributed by atoms with van der Waals surface area (Å²) in [6.45, 7) is 0.106. The van der Waals surface area contributed by atoms with E-state index in [-0.39, 0.29) is 25.1 Å². The first-order chi connectivity index (χ1) is 12.9. The number of halogens is 3. The zero-order valence-corrected chi connectivity index (χ0v) is 14.8. The standard InChI is InChI=1S/C20H20F3NO3/c1-26-17-4-2-3-5-18(17)27-13-19(25)24(16-10-11-16)12-14-6-8-15(9-7-14)20(21,22)23/h2-9,16H,10-13H2,1H3. The van der Waals surface area contributed by atoms with E-state index in [1.54, 1.807) is 29.2 Å². The average molecular weight is 379 g/mol. The predicted molar refractivity (Wildman–Crippen MR) is 93.5 cm³/mol. The molecule has 0 N–H and O–H groups in total. The molecule has 1 saturated carbocycles. The molecule has 0 atom stereocenters. The maximum Gasteiger partial charge on any atom is 0.416 e. The van der Waals surface area contributed by atoms with Crippen molar-refractivity contribution in [2.45, 2.75) is 31.6 Å². The van der Waals surface area contributed by atoms with Crippen molar-refractivity contribution in [3.63, 3.8) is 0 Å². The summed E-state index contributed by atoms with van der Waals surface area (Å²) >= 11 is 0. The van der Waals surface area contributed by atoms with Crippen LogP contribution in [-0.2, 0) is 17.5 Å². The van der Waals surface area contributed by atoms with Gasteiger partial charge in [0.25, 0.3) is 5.91 Å². The molecule has 0 bridgehead atoms. The van der Waals surface area contributed by atoms with Crippen LogP contribution >= 0.6 is 0 Å². The molecule has 0 spiro atoms. The minimum atomic E-state index is -4.37. The van der Waals surface area contributed by atoms with Crippen LogP contribution in [0.15, 0.2) is 48.5 Å². The Balaban J connectivity index is 1.64. The second kappa shape index (κ2) is 7.90. The number of carbonyl (C=O) groups excluding carboxylic acids is 1. The molecule has 1 aliphatic carbocycles. The molecule has 0 saturated heterocycles. The Morgan fingerprint density at radius 2 is 1.70 bits per heavy atom. The third kappa shape index (κ3) is 4.93. The lowest BCUT2D eigenvalue weighted by atomic mass is 10.1. The van der Waals surface area contributed by atoms with Crippen LogP contribution in [0.4, 0.5) is 13.2 Å². The van der Waals surface area contributed by atoms with Crippen LogP contribution in [0.5, 0.6) is 11.5 Å². The van der Waals surface area contributed by atoms with Crippen LogP contribution in [0.25, 0.3) is 0 Å². The van der Waals surface area contributed by atoms with Crippen molar-refractivity contribution in [1.29, 1.82) is 0 Å². The molecule has 0 aromatic heterocycles. The number of para-hydroxylation sites is 2. The number of carbonyl (C=O) groups is 1. The van der Waals surface area contributed by atoms with Gasteiger partial charge >= 0.3 is 6.18 Å². The summed E-state index contributed by atoms with van der Waals surface area (Å²) in [6.07, 6.45) is -2.59. The van der Waals surface area contributed by atoms with E-state index in [0.29, 0.717) is 17.1 Å². The van der Waals surface area contributed by atoms with E-state index >= 15 is 0 Å². The summed E-state index contributed by atoms with van der Waals surface area (Å²) in [6, 6.07) is 12.0. The fourth-order valence-corrected chi connectivity index (χ4v) is 2.76. The number of amides is 1. The molecular formula is C20H20F3NO3. The number of hydrogen-bond acceptors (Lipinski definition) is 3. The van der Waals surface area contributed by atoms with Crippen molar-refractivity contribution in [2.75, 3.05) is 13.7 Å². The number of alkyl halides is 3. The molecule has 1 aliphatic rings. The Bertz CT molecular complexity index is 786. The van der Waals surface area contributed by atoms with E-state index in [1.165, 1.54) is 19.2 Å². The highest BCUT2D eigenvalue weighted by Gasteiger charge is 2.33. The number of benzene rings is 2. The quantitative estimate of drug-likeness (QED) is 0.721. The Morgan fingerprint density at radius 1 is 1.07 bits per heavy atom. The lowest BCUT2D eigenvalue weighted by Crippen LogP contribution is -2.36. The molecule has 0 unspecified atom stereocenters. The number of rotatable bonds is 7. The third-order valence-corrected chi connectivity index (χ3v) is 4.36. The maximum atomic E-state index is 12.7. The maximum absolute atomic E-state index is 12.7. The largest absolute Gasteiger partial charge is 0.493 e. The van der Waals surface area contributed by atoms with Gasteiger partial charge in [-0.15, -0.1) is 0 Å². The Labute approximate surface area is 155 Å². The number of methoxy groups -OCH3 is 1. The molecule has 1 fully saturated rings. The van der Waals surface area contributed by atoms with E-state index < -0.39 is 11.7 Å². The summed E-state index contributed by atoms with van der Waals surface area (Å²) in [5, 5.41) is 0. The summed E-state index contributed by atoms with van der Waals surface area (Å²) in [4.78, 5) is 14.3. The van der Waals surface area contributed by atoms with E-state index in [4.69, 9.17) is 9.47 Å². The molecule has 1 amide bonds. The van der Waals surface area contributed by atoms with Crippen LogP contribution in [0.1, 0.15) is 24.0 Å². The van der Waals surface area contributed by atoms with Crippen LogP contribution in [0, 0.1) is 0 Å². The van der Waals surface area contributed by atoms with Gasteiger partial charge in [-0.1, -0.05) is 24.3 Å². The lowest BCUT2D eigenvalue weighted by Gasteiger charge is -2.23. The molecule has 4 nitrogen and oxygen atoms in total. The fourth-order valence-electron chi connectivity index (χ4n) is 2.76. The minimum Gasteiger partial charge on any atom is -0.493 e. The van der Waals surface area contributed by atoms with Crippen molar-refractivity contribution >= 4 is 5.91 Å². The molecule has 2 aromatic rings. The second-order valence-corrected chi connectivity index (χ2v) is 6.39. The molecule has 144 valence electrons. The third-order valence-electron chi connectivity index (χ3n) is 4.36. The van der Waals surface area contributed by atoms with Gasteiger partial charge in [-0.25, -0.2) is 0 Å². The van der Waals surface area contributed by atoms with Gasteiger partial charge in [0.05, 0.1) is 12.7 Å². The predicted octanol–water partition coefficient (Wildman–Crippen LogP) is 4.28. The van der Waals surface area contributed by atoms with Crippen molar-refractivity contribution < 1.29 is 27.4 Å². The molecule has 3 rings (SSSR count). The summed E-state index contributed by atoms with van der Waals surface area (Å²) in [7, 11) is 1.52. The SMILES string of the molecule is COc1ccccc1OCC(=O)N(Cc1ccc(C(F)(F)F)cc1)C1CC1. The van der Waals surface area contributed by atoms with Crippen molar-refractivity contribution in [1.82, 2.24) is 4.90 Å². The fraction of sp³-hybridized carbons (Fsp3) is 0.350. The number of nitrogens with zero attached hydrogens (tertiary/aromatic N) is 1.